The molecule has 37 heavy (non-hydrogen) atoms. The van der Waals surface area contributed by atoms with Crippen LogP contribution in [0.1, 0.15) is 53.2 Å². The highest BCUT2D eigenvalue weighted by Crippen LogP contribution is 2.26. The zero-order chi connectivity index (χ0) is 26.2. The number of hydrogen-bond acceptors (Lipinski definition) is 2. The summed E-state index contributed by atoms with van der Waals surface area (Å²) in [4.78, 5) is 12.6. The van der Waals surface area contributed by atoms with Gasteiger partial charge in [-0.2, -0.15) is 0 Å². The Hall–Kier alpha value is -4.05. The van der Waals surface area contributed by atoms with Crippen molar-refractivity contribution >= 4 is 5.97 Å². The van der Waals surface area contributed by atoms with Crippen LogP contribution in [0.4, 0.5) is 8.78 Å². The van der Waals surface area contributed by atoms with Crippen molar-refractivity contribution in [2.24, 2.45) is 0 Å². The lowest BCUT2D eigenvalue weighted by molar-refractivity contribution is 0.0734. The number of hydrogen-bond donors (Lipinski definition) is 0. The topological polar surface area (TPSA) is 26.3 Å². The molecule has 0 saturated heterocycles. The molecule has 0 heterocycles. The summed E-state index contributed by atoms with van der Waals surface area (Å²) in [7, 11) is 0. The maximum absolute atomic E-state index is 14.4. The van der Waals surface area contributed by atoms with Crippen molar-refractivity contribution in [2.75, 3.05) is 0 Å². The first-order valence-corrected chi connectivity index (χ1v) is 12.5. The predicted molar refractivity (Wildman–Crippen MR) is 145 cm³/mol. The van der Waals surface area contributed by atoms with Crippen LogP contribution in [0.2, 0.25) is 0 Å². The molecule has 0 N–H and O–H groups in total. The second-order valence-electron chi connectivity index (χ2n) is 9.15. The van der Waals surface area contributed by atoms with E-state index >= 15 is 0 Å². The highest BCUT2D eigenvalue weighted by atomic mass is 19.1. The molecular weight excluding hydrogens is 466 g/mol. The molecule has 0 bridgehead atoms. The lowest BCUT2D eigenvalue weighted by Gasteiger charge is -2.12. The fourth-order valence-corrected chi connectivity index (χ4v) is 4.32. The van der Waals surface area contributed by atoms with Gasteiger partial charge in [0.2, 0.25) is 0 Å². The summed E-state index contributed by atoms with van der Waals surface area (Å²) in [6.45, 7) is 4.08. The van der Waals surface area contributed by atoms with Gasteiger partial charge < -0.3 is 4.74 Å². The molecule has 0 unspecified atom stereocenters. The smallest absolute Gasteiger partial charge is 0.343 e. The van der Waals surface area contributed by atoms with Crippen molar-refractivity contribution in [3.8, 4) is 16.9 Å². The van der Waals surface area contributed by atoms with E-state index in [0.29, 0.717) is 17.9 Å². The predicted octanol–water partition coefficient (Wildman–Crippen LogP) is 8.71. The molecule has 1 atom stereocenters. The lowest BCUT2D eigenvalue weighted by atomic mass is 9.93. The van der Waals surface area contributed by atoms with Crippen LogP contribution in [-0.2, 0) is 12.8 Å². The van der Waals surface area contributed by atoms with Gasteiger partial charge in [0.25, 0.3) is 0 Å². The zero-order valence-electron chi connectivity index (χ0n) is 21.1. The quantitative estimate of drug-likeness (QED) is 0.132. The molecule has 4 aromatic carbocycles. The van der Waals surface area contributed by atoms with Crippen LogP contribution in [0.15, 0.2) is 103 Å². The van der Waals surface area contributed by atoms with Crippen molar-refractivity contribution in [2.45, 2.75) is 39.0 Å². The summed E-state index contributed by atoms with van der Waals surface area (Å²) >= 11 is 0. The summed E-state index contributed by atoms with van der Waals surface area (Å²) in [6.07, 6.45) is 5.40. The number of allylic oxidation sites excluding steroid dienone is 2. The fourth-order valence-electron chi connectivity index (χ4n) is 4.32. The first kappa shape index (κ1) is 26.0. The minimum atomic E-state index is -0.718. The molecule has 0 amide bonds. The van der Waals surface area contributed by atoms with E-state index in [1.54, 1.807) is 12.1 Å². The Bertz CT molecular complexity index is 1340. The Morgan fingerprint density at radius 3 is 2.05 bits per heavy atom. The van der Waals surface area contributed by atoms with Crippen LogP contribution >= 0.6 is 0 Å². The maximum Gasteiger partial charge on any atom is 0.343 e. The minimum absolute atomic E-state index is 0.0113. The Morgan fingerprint density at radius 1 is 0.865 bits per heavy atom. The van der Waals surface area contributed by atoms with Gasteiger partial charge in [0, 0.05) is 17.7 Å². The second kappa shape index (κ2) is 12.3. The third kappa shape index (κ3) is 6.79. The standard InChI is InChI=1S/C33H30F2O2/c1-3-4-6-11-30-31(34)21-29(22-32(30)35)37-33(36)28-18-16-27(17-19-28)26-14-12-24(13-15-26)20-23(2)25-9-7-5-8-10-25/h3-5,7-10,12-19,21-23H,6,11,20H2,1-2H3/b4-3+/t23-/m1/s1. The number of benzene rings is 4. The van der Waals surface area contributed by atoms with Crippen molar-refractivity contribution < 1.29 is 18.3 Å². The Morgan fingerprint density at radius 2 is 1.46 bits per heavy atom. The van der Waals surface area contributed by atoms with Crippen molar-refractivity contribution in [3.05, 3.63) is 137 Å². The zero-order valence-corrected chi connectivity index (χ0v) is 21.1. The van der Waals surface area contributed by atoms with Gasteiger partial charge in [-0.05, 0) is 66.5 Å². The Balaban J connectivity index is 1.39. The van der Waals surface area contributed by atoms with E-state index in [1.807, 2.05) is 37.3 Å². The van der Waals surface area contributed by atoms with E-state index in [0.717, 1.165) is 29.7 Å². The molecule has 0 fully saturated rings. The van der Waals surface area contributed by atoms with E-state index in [2.05, 4.69) is 55.5 Å². The van der Waals surface area contributed by atoms with Gasteiger partial charge in [0.15, 0.2) is 0 Å². The number of carbonyl (C=O) groups excluding carboxylic acids is 1. The van der Waals surface area contributed by atoms with E-state index in [1.165, 1.54) is 11.1 Å². The Labute approximate surface area is 217 Å². The average molecular weight is 497 g/mol. The molecule has 0 saturated carbocycles. The van der Waals surface area contributed by atoms with Gasteiger partial charge in [0.1, 0.15) is 17.4 Å². The highest BCUT2D eigenvalue weighted by Gasteiger charge is 2.15. The van der Waals surface area contributed by atoms with Gasteiger partial charge >= 0.3 is 5.97 Å². The molecule has 0 spiro atoms. The maximum atomic E-state index is 14.4. The molecular formula is C33H30F2O2. The van der Waals surface area contributed by atoms with Crippen LogP contribution in [-0.4, -0.2) is 5.97 Å². The van der Waals surface area contributed by atoms with Gasteiger partial charge in [-0.15, -0.1) is 0 Å². The molecule has 4 heteroatoms. The van der Waals surface area contributed by atoms with E-state index in [9.17, 15) is 13.6 Å². The lowest BCUT2D eigenvalue weighted by Crippen LogP contribution is -2.09. The molecule has 2 nitrogen and oxygen atoms in total. The molecule has 0 aliphatic carbocycles. The number of rotatable bonds is 9. The van der Waals surface area contributed by atoms with Crippen LogP contribution in [0, 0.1) is 11.6 Å². The fraction of sp³-hybridized carbons (Fsp3) is 0.182. The third-order valence-corrected chi connectivity index (χ3v) is 6.44. The van der Waals surface area contributed by atoms with Gasteiger partial charge in [0.05, 0.1) is 5.56 Å². The monoisotopic (exact) mass is 496 g/mol. The third-order valence-electron chi connectivity index (χ3n) is 6.44. The number of halogens is 2. The van der Waals surface area contributed by atoms with Gasteiger partial charge in [-0.25, -0.2) is 13.6 Å². The largest absolute Gasteiger partial charge is 0.423 e. The number of carbonyl (C=O) groups is 1. The number of esters is 1. The molecule has 188 valence electrons. The molecule has 0 radical (unpaired) electrons. The van der Waals surface area contributed by atoms with Crippen LogP contribution in [0.5, 0.6) is 5.75 Å². The van der Waals surface area contributed by atoms with Gasteiger partial charge in [-0.1, -0.05) is 85.8 Å². The highest BCUT2D eigenvalue weighted by molar-refractivity contribution is 5.91. The summed E-state index contributed by atoms with van der Waals surface area (Å²) in [5.41, 5.74) is 4.86. The first-order chi connectivity index (χ1) is 17.9. The van der Waals surface area contributed by atoms with Crippen LogP contribution in [0.25, 0.3) is 11.1 Å². The minimum Gasteiger partial charge on any atom is -0.423 e. The average Bonchev–Trinajstić information content (AvgIpc) is 2.91. The summed E-state index contributed by atoms with van der Waals surface area (Å²) in [5.74, 6) is -1.83. The summed E-state index contributed by atoms with van der Waals surface area (Å²) in [6, 6.07) is 28.0. The molecule has 0 aromatic heterocycles. The van der Waals surface area contributed by atoms with E-state index < -0.39 is 17.6 Å². The SMILES string of the molecule is C/C=C/CCc1c(F)cc(OC(=O)c2ccc(-c3ccc(C[C@@H](C)c4ccccc4)cc3)cc2)cc1F. The first-order valence-electron chi connectivity index (χ1n) is 12.5. The van der Waals surface area contributed by atoms with Crippen molar-refractivity contribution in [3.63, 3.8) is 0 Å². The summed E-state index contributed by atoms with van der Waals surface area (Å²) < 4.78 is 34.0. The van der Waals surface area contributed by atoms with Crippen LogP contribution < -0.4 is 4.74 Å². The molecule has 4 rings (SSSR count). The molecule has 4 aromatic rings. The van der Waals surface area contributed by atoms with Gasteiger partial charge in [-0.3, -0.25) is 0 Å². The van der Waals surface area contributed by atoms with E-state index in [-0.39, 0.29) is 17.7 Å². The molecule has 0 aliphatic heterocycles. The van der Waals surface area contributed by atoms with Crippen molar-refractivity contribution in [1.82, 2.24) is 0 Å². The molecule has 0 aliphatic rings. The normalized spacial score (nSPS) is 12.0. The number of ether oxygens (including phenoxy) is 1. The van der Waals surface area contributed by atoms with Crippen LogP contribution in [0.3, 0.4) is 0 Å². The van der Waals surface area contributed by atoms with Crippen molar-refractivity contribution in [1.29, 1.82) is 0 Å². The summed E-state index contributed by atoms with van der Waals surface area (Å²) in [5, 5.41) is 0. The Kier molecular flexibility index (Phi) is 8.63. The second-order valence-corrected chi connectivity index (χ2v) is 9.15. The van der Waals surface area contributed by atoms with E-state index in [4.69, 9.17) is 4.74 Å².